The van der Waals surface area contributed by atoms with Crippen LogP contribution < -0.4 is 26.0 Å². The summed E-state index contributed by atoms with van der Waals surface area (Å²) in [6.45, 7) is 0.413. The number of aliphatic hydroxyl groups excluding tert-OH is 1. The van der Waals surface area contributed by atoms with Gasteiger partial charge in [0.15, 0.2) is 29.8 Å². The van der Waals surface area contributed by atoms with E-state index in [1.807, 2.05) is 0 Å². The molecule has 2 saturated heterocycles. The zero-order valence-electron chi connectivity index (χ0n) is 20.2. The minimum atomic E-state index is -1.50. The number of oxime groups is 1. The zero-order valence-corrected chi connectivity index (χ0v) is 21.9. The Morgan fingerprint density at radius 2 is 2.23 bits per heavy atom. The minimum absolute atomic E-state index is 0.105. The summed E-state index contributed by atoms with van der Waals surface area (Å²) in [6, 6.07) is 2.41. The molecule has 3 aliphatic rings. The van der Waals surface area contributed by atoms with Crippen molar-refractivity contribution in [1.29, 1.82) is 0 Å². The van der Waals surface area contributed by atoms with Gasteiger partial charge in [0.25, 0.3) is 17.7 Å². The molecule has 5 rings (SSSR count). The Morgan fingerprint density at radius 1 is 1.41 bits per heavy atom. The lowest BCUT2D eigenvalue weighted by molar-refractivity contribution is -0.689. The highest BCUT2D eigenvalue weighted by Gasteiger charge is 2.53. The molecule has 0 bridgehead atoms. The standard InChI is InChI=1S/C23H23N7O7S2/c24-23-26-13(10-39-23)15(28-37-14-3-4-25-18(14)32)19(33)27-16-20(34)30-17(22(35)36)12(9-38-21(16)30)7-29-5-1-2-11(6-29)8-31/h1-2,5-6,10,14,16,21,31H,3-4,7-9H2,(H4-,24,25,26,27,32,33,35,36)/b28-15-/t14?,16-,21+/m1/s1. The van der Waals surface area contributed by atoms with Gasteiger partial charge >= 0.3 is 0 Å². The van der Waals surface area contributed by atoms with E-state index in [0.29, 0.717) is 24.1 Å². The van der Waals surface area contributed by atoms with Gasteiger partial charge in [-0.3, -0.25) is 19.3 Å². The summed E-state index contributed by atoms with van der Waals surface area (Å²) in [5.74, 6) is -3.02. The molecule has 0 aromatic carbocycles. The van der Waals surface area contributed by atoms with E-state index in [9.17, 15) is 29.4 Å². The molecule has 204 valence electrons. The number of β-lactam (4-membered cyclic amide) rings is 1. The number of hydrogen-bond acceptors (Lipinski definition) is 12. The lowest BCUT2D eigenvalue weighted by Crippen LogP contribution is -2.71. The van der Waals surface area contributed by atoms with Crippen LogP contribution in [0.4, 0.5) is 5.13 Å². The van der Waals surface area contributed by atoms with Gasteiger partial charge in [-0.25, -0.2) is 9.55 Å². The zero-order chi connectivity index (χ0) is 27.7. The Morgan fingerprint density at radius 3 is 2.90 bits per heavy atom. The molecule has 0 saturated carbocycles. The highest BCUT2D eigenvalue weighted by molar-refractivity contribution is 8.00. The SMILES string of the molecule is Nc1nc(/C(=N/OC2CCNC2=O)C(=O)N[C@@H]2C(=O)N3C(C(=O)[O-])=C(C[n+]4cccc(CO)c4)CS[C@@H]23)cs1. The fourth-order valence-corrected chi connectivity index (χ4v) is 6.26. The normalized spacial score (nSPS) is 22.7. The number of carbonyl (C=O) groups excluding carboxylic acids is 4. The van der Waals surface area contributed by atoms with Gasteiger partial charge in [0, 0.05) is 41.3 Å². The van der Waals surface area contributed by atoms with Gasteiger partial charge in [-0.05, 0) is 6.07 Å². The number of aliphatic hydroxyl groups is 1. The number of nitrogens with one attached hydrogen (secondary N) is 2. The lowest BCUT2D eigenvalue weighted by atomic mass is 10.0. The van der Waals surface area contributed by atoms with Crippen molar-refractivity contribution in [2.24, 2.45) is 5.16 Å². The lowest BCUT2D eigenvalue weighted by Gasteiger charge is -2.50. The fraction of sp³-hybridized carbons (Fsp3) is 0.348. The summed E-state index contributed by atoms with van der Waals surface area (Å²) in [4.78, 5) is 60.7. The largest absolute Gasteiger partial charge is 0.543 e. The molecule has 3 amide bonds. The van der Waals surface area contributed by atoms with Crippen molar-refractivity contribution in [3.05, 3.63) is 52.4 Å². The Labute approximate surface area is 229 Å². The molecular formula is C23H23N7O7S2. The maximum absolute atomic E-state index is 13.2. The number of aliphatic carboxylic acids is 1. The smallest absolute Gasteiger partial charge is 0.276 e. The maximum atomic E-state index is 13.2. The molecule has 5 heterocycles. The van der Waals surface area contributed by atoms with E-state index in [1.165, 1.54) is 17.1 Å². The number of rotatable bonds is 9. The number of amides is 3. The van der Waals surface area contributed by atoms with Crippen LogP contribution >= 0.6 is 23.1 Å². The van der Waals surface area contributed by atoms with E-state index in [2.05, 4.69) is 20.8 Å². The average molecular weight is 574 g/mol. The summed E-state index contributed by atoms with van der Waals surface area (Å²) in [6.07, 6.45) is 2.90. The average Bonchev–Trinajstić information content (AvgIpc) is 3.54. The molecular weight excluding hydrogens is 550 g/mol. The number of fused-ring (bicyclic) bond motifs is 1. The van der Waals surface area contributed by atoms with Crippen LogP contribution in [0.1, 0.15) is 17.7 Å². The molecule has 39 heavy (non-hydrogen) atoms. The number of nitrogens with zero attached hydrogens (tertiary/aromatic N) is 4. The molecule has 0 radical (unpaired) electrons. The van der Waals surface area contributed by atoms with Crippen molar-refractivity contribution in [2.45, 2.75) is 37.1 Å². The number of pyridine rings is 1. The van der Waals surface area contributed by atoms with Crippen molar-refractivity contribution in [2.75, 3.05) is 18.0 Å². The van der Waals surface area contributed by atoms with Crippen LogP contribution in [-0.2, 0) is 37.2 Å². The maximum Gasteiger partial charge on any atom is 0.276 e. The first kappa shape index (κ1) is 26.6. The van der Waals surface area contributed by atoms with Gasteiger partial charge < -0.3 is 36.2 Å². The number of thioether (sulfide) groups is 1. The molecule has 2 aromatic heterocycles. The number of nitrogens with two attached hydrogens (primary N) is 1. The van der Waals surface area contributed by atoms with E-state index < -0.39 is 35.3 Å². The Bertz CT molecular complexity index is 1410. The minimum Gasteiger partial charge on any atom is -0.543 e. The third-order valence-corrected chi connectivity index (χ3v) is 8.27. The molecule has 3 aliphatic heterocycles. The first-order valence-electron chi connectivity index (χ1n) is 11.8. The molecule has 2 fully saturated rings. The van der Waals surface area contributed by atoms with Crippen molar-refractivity contribution in [3.8, 4) is 0 Å². The summed E-state index contributed by atoms with van der Waals surface area (Å²) in [5, 5.41) is 31.5. The van der Waals surface area contributed by atoms with E-state index in [4.69, 9.17) is 10.6 Å². The van der Waals surface area contributed by atoms with E-state index in [-0.39, 0.29) is 47.0 Å². The highest BCUT2D eigenvalue weighted by atomic mass is 32.2. The van der Waals surface area contributed by atoms with Gasteiger partial charge in [-0.2, -0.15) is 0 Å². The van der Waals surface area contributed by atoms with E-state index in [0.717, 1.165) is 16.2 Å². The number of aromatic nitrogens is 2. The highest BCUT2D eigenvalue weighted by Crippen LogP contribution is 2.40. The van der Waals surface area contributed by atoms with Crippen LogP contribution in [0.3, 0.4) is 0 Å². The second-order valence-corrected chi connectivity index (χ2v) is 10.8. The molecule has 14 nitrogen and oxygen atoms in total. The van der Waals surface area contributed by atoms with Crippen LogP contribution in [0.15, 0.2) is 46.3 Å². The first-order chi connectivity index (χ1) is 18.8. The monoisotopic (exact) mass is 573 g/mol. The van der Waals surface area contributed by atoms with Crippen LogP contribution in [-0.4, -0.2) is 74.2 Å². The number of carboxylic acid groups (broad SMARTS) is 1. The summed E-state index contributed by atoms with van der Waals surface area (Å²) in [7, 11) is 0. The summed E-state index contributed by atoms with van der Waals surface area (Å²) >= 11 is 2.36. The Hall–Kier alpha value is -4.02. The van der Waals surface area contributed by atoms with Crippen molar-refractivity contribution in [3.63, 3.8) is 0 Å². The predicted molar refractivity (Wildman–Crippen MR) is 135 cm³/mol. The Balaban J connectivity index is 1.34. The second-order valence-electron chi connectivity index (χ2n) is 8.83. The van der Waals surface area contributed by atoms with Crippen molar-refractivity contribution in [1.82, 2.24) is 20.5 Å². The van der Waals surface area contributed by atoms with E-state index >= 15 is 0 Å². The number of nitrogen functional groups attached to an aromatic ring is 1. The van der Waals surface area contributed by atoms with Crippen molar-refractivity contribution < 1.29 is 38.8 Å². The predicted octanol–water partition coefficient (Wildman–Crippen LogP) is -2.78. The fourth-order valence-electron chi connectivity index (χ4n) is 4.38. The topological polar surface area (TPSA) is 203 Å². The number of hydrogen-bond donors (Lipinski definition) is 4. The van der Waals surface area contributed by atoms with Gasteiger partial charge in [-0.15, -0.1) is 23.1 Å². The quantitative estimate of drug-likeness (QED) is 0.105. The molecule has 3 atom stereocenters. The van der Waals surface area contributed by atoms with Gasteiger partial charge in [0.1, 0.15) is 17.1 Å². The van der Waals surface area contributed by atoms with Crippen LogP contribution in [0.25, 0.3) is 0 Å². The van der Waals surface area contributed by atoms with Crippen LogP contribution in [0.2, 0.25) is 0 Å². The Kier molecular flexibility index (Phi) is 7.49. The number of thiazole rings is 1. The first-order valence-corrected chi connectivity index (χ1v) is 13.7. The molecule has 1 unspecified atom stereocenters. The number of carboxylic acids is 1. The molecule has 16 heteroatoms. The second kappa shape index (κ2) is 11.0. The van der Waals surface area contributed by atoms with Gasteiger partial charge in [-0.1, -0.05) is 5.16 Å². The molecule has 5 N–H and O–H groups in total. The third kappa shape index (κ3) is 5.30. The molecule has 0 spiro atoms. The number of anilines is 1. The summed E-state index contributed by atoms with van der Waals surface area (Å²) < 4.78 is 1.71. The van der Waals surface area contributed by atoms with Crippen LogP contribution in [0.5, 0.6) is 0 Å². The van der Waals surface area contributed by atoms with Gasteiger partial charge in [0.05, 0.1) is 18.3 Å². The van der Waals surface area contributed by atoms with Gasteiger partial charge in [0.2, 0.25) is 6.10 Å². The third-order valence-electron chi connectivity index (χ3n) is 6.25. The van der Waals surface area contributed by atoms with Crippen LogP contribution in [0, 0.1) is 0 Å². The number of carbonyl (C=O) groups is 4. The van der Waals surface area contributed by atoms with Crippen molar-refractivity contribution >= 4 is 57.6 Å². The molecule has 0 aliphatic carbocycles. The van der Waals surface area contributed by atoms with E-state index in [1.54, 1.807) is 29.1 Å². The molecule has 2 aromatic rings. The summed E-state index contributed by atoms with van der Waals surface area (Å²) in [5.41, 5.74) is 6.40.